The van der Waals surface area contributed by atoms with Crippen molar-refractivity contribution in [2.24, 2.45) is 28.1 Å². The number of hydroxylamine groups is 2. The summed E-state index contributed by atoms with van der Waals surface area (Å²) < 4.78 is 0. The molecule has 0 aromatic rings. The van der Waals surface area contributed by atoms with E-state index < -0.39 is 0 Å². The first kappa shape index (κ1) is 54.0. The predicted molar refractivity (Wildman–Crippen MR) is 195 cm³/mol. The summed E-state index contributed by atoms with van der Waals surface area (Å²) in [4.78, 5) is 19.3. The minimum Gasteiger partial charge on any atom is 2.00 e. The van der Waals surface area contributed by atoms with E-state index in [4.69, 9.17) is 29.8 Å². The van der Waals surface area contributed by atoms with Gasteiger partial charge in [-0.3, -0.25) is 21.4 Å². The Labute approximate surface area is 320 Å². The second kappa shape index (κ2) is 40.7. The number of nitrogens with zero attached hydrogens (tertiary/aromatic N) is 6. The van der Waals surface area contributed by atoms with Crippen molar-refractivity contribution in [3.8, 4) is 0 Å². The predicted octanol–water partition coefficient (Wildman–Crippen LogP) is 10.5. The van der Waals surface area contributed by atoms with Crippen LogP contribution in [0.1, 0.15) is 93.9 Å². The summed E-state index contributed by atoms with van der Waals surface area (Å²) in [6, 6.07) is 0. The van der Waals surface area contributed by atoms with Gasteiger partial charge in [-0.25, -0.2) is 0 Å². The van der Waals surface area contributed by atoms with Crippen molar-refractivity contribution in [1.29, 1.82) is 0 Å². The number of hydrogen-bond donors (Lipinski definition) is 4. The van der Waals surface area contributed by atoms with Crippen molar-refractivity contribution >= 4 is 19.4 Å². The van der Waals surface area contributed by atoms with Gasteiger partial charge in [-0.2, -0.15) is 6.20 Å². The topological polar surface area (TPSA) is 180 Å². The van der Waals surface area contributed by atoms with Gasteiger partial charge >= 0.3 is 55.6 Å². The van der Waals surface area contributed by atoms with Crippen molar-refractivity contribution in [3.63, 3.8) is 0 Å². The largest absolute Gasteiger partial charge is 2.00 e. The van der Waals surface area contributed by atoms with Crippen LogP contribution in [0.2, 0.25) is 0 Å². The first-order chi connectivity index (χ1) is 22.4. The van der Waals surface area contributed by atoms with Crippen molar-refractivity contribution in [1.82, 2.24) is 11.0 Å². The molecule has 4 aliphatic heterocycles. The summed E-state index contributed by atoms with van der Waals surface area (Å²) in [7, 11) is 9.67. The zero-order chi connectivity index (χ0) is 36.3. The molecule has 0 bridgehead atoms. The third-order valence-corrected chi connectivity index (χ3v) is 7.34. The maximum Gasteiger partial charge on any atom is 2.00 e. The average molecular weight is 990 g/mol. The van der Waals surface area contributed by atoms with Crippen molar-refractivity contribution in [2.45, 2.75) is 93.9 Å². The quantitative estimate of drug-likeness (QED) is 0.124. The van der Waals surface area contributed by atoms with Crippen LogP contribution in [-0.2, 0) is 36.2 Å². The minimum absolute atomic E-state index is 0. The number of nitrogens with one attached hydrogen (secondary N) is 2. The summed E-state index contributed by atoms with van der Waals surface area (Å²) >= 11 is -0.226. The molecule has 16 heteroatoms. The van der Waals surface area contributed by atoms with E-state index >= 15 is 0 Å². The Kier molecular flexibility index (Phi) is 45.8. The van der Waals surface area contributed by atoms with Crippen LogP contribution in [-0.4, -0.2) is 56.2 Å². The fourth-order valence-corrected chi connectivity index (χ4v) is 3.43. The summed E-state index contributed by atoms with van der Waals surface area (Å²) in [5.41, 5.74) is 6.18. The molecule has 0 aliphatic carbocycles. The molecule has 4 rings (SSSR count). The molecule has 4 aliphatic rings. The van der Waals surface area contributed by atoms with Crippen molar-refractivity contribution < 1.29 is 46.6 Å². The van der Waals surface area contributed by atoms with Crippen LogP contribution in [0.25, 0.3) is 21.3 Å². The first-order valence-corrected chi connectivity index (χ1v) is 20.2. The molecular formula is C32H60Cl2N8O4PtRh-2. The second-order valence-electron chi connectivity index (χ2n) is 11.6. The fourth-order valence-electron chi connectivity index (χ4n) is 3.43. The van der Waals surface area contributed by atoms with E-state index in [0.29, 0.717) is 11.4 Å². The van der Waals surface area contributed by atoms with Gasteiger partial charge in [-0.05, 0) is 62.7 Å². The van der Waals surface area contributed by atoms with E-state index in [1.807, 2.05) is 12.3 Å². The van der Waals surface area contributed by atoms with E-state index in [1.54, 1.807) is 24.8 Å². The van der Waals surface area contributed by atoms with Gasteiger partial charge in [0.25, 0.3) is 0 Å². The van der Waals surface area contributed by atoms with E-state index in [2.05, 4.69) is 65.4 Å². The molecule has 48 heavy (non-hydrogen) atoms. The van der Waals surface area contributed by atoms with Crippen LogP contribution in [0, 0.1) is 27.6 Å². The Bertz CT molecular complexity index is 816. The normalized spacial score (nSPS) is 18.3. The van der Waals surface area contributed by atoms with Gasteiger partial charge in [0.1, 0.15) is 11.4 Å². The number of hydrogen-bond acceptors (Lipinski definition) is 8. The molecule has 0 aromatic heterocycles. The van der Waals surface area contributed by atoms with Gasteiger partial charge < -0.3 is 21.3 Å². The molecule has 12 nitrogen and oxygen atoms in total. The molecule has 0 aromatic carbocycles. The average Bonchev–Trinajstić information content (AvgIpc) is 3.10. The number of nitroso groups, excluding NO2 is 2. The summed E-state index contributed by atoms with van der Waals surface area (Å²) in [5.74, 6) is 2.83. The standard InChI is InChI=1S/3C6H12N.C6H8N.2C4H8N2O2.2ClH.Pt.Rh/c4*1-6-2-4-7-5-3-6;2*1-3(5-7)4(2)6-8;;;;/h3*6H,2-5H2,1H3;2-4H,5H2,1H3;2*5,7H,1-2H3;2*1H;;/q4*-1;;;;;2*+2/p-2/b;;;;2*4-3-;;;;. The molecule has 0 atom stereocenters. The van der Waals surface area contributed by atoms with E-state index in [1.165, 1.54) is 57.9 Å². The first-order valence-electron chi connectivity index (χ1n) is 16.0. The second-order valence-corrected chi connectivity index (χ2v) is 14.1. The Morgan fingerprint density at radius 2 is 1.02 bits per heavy atom. The number of piperidine rings is 3. The summed E-state index contributed by atoms with van der Waals surface area (Å²) in [5, 5.41) is 38.0. The van der Waals surface area contributed by atoms with Crippen LogP contribution in [0.4, 0.5) is 0 Å². The van der Waals surface area contributed by atoms with Crippen LogP contribution in [0.15, 0.2) is 57.1 Å². The minimum atomic E-state index is -0.226. The Balaban J connectivity index is -0.000000237. The molecule has 0 spiro atoms. The number of halogens is 2. The molecule has 4 heterocycles. The van der Waals surface area contributed by atoms with Crippen molar-refractivity contribution in [2.75, 3.05) is 45.8 Å². The maximum atomic E-state index is 9.65. The van der Waals surface area contributed by atoms with Gasteiger partial charge in [0.15, 0.2) is 0 Å². The molecule has 0 radical (unpaired) electrons. The molecule has 0 amide bonds. The molecule has 4 N–H and O–H groups in total. The van der Waals surface area contributed by atoms with Gasteiger partial charge in [0, 0.05) is 0 Å². The van der Waals surface area contributed by atoms with Crippen LogP contribution in [0.5, 0.6) is 0 Å². The summed E-state index contributed by atoms with van der Waals surface area (Å²) in [6.07, 6.45) is 13.9. The van der Waals surface area contributed by atoms with E-state index in [9.17, 15) is 9.81 Å². The Hall–Kier alpha value is -0.748. The monoisotopic (exact) mass is 988 g/mol. The molecule has 0 unspecified atom stereocenters. The molecule has 3 saturated heterocycles. The third-order valence-electron chi connectivity index (χ3n) is 7.34. The zero-order valence-corrected chi connectivity index (χ0v) is 35.4. The smallest absolute Gasteiger partial charge is 2.00 e. The van der Waals surface area contributed by atoms with Crippen LogP contribution < -0.4 is 11.0 Å². The third kappa shape index (κ3) is 39.7. The van der Waals surface area contributed by atoms with Gasteiger partial charge in [-0.1, -0.05) is 77.0 Å². The number of rotatable bonds is 4. The Morgan fingerprint density at radius 1 is 0.729 bits per heavy atom. The van der Waals surface area contributed by atoms with E-state index in [-0.39, 0.29) is 47.6 Å². The zero-order valence-electron chi connectivity index (χ0n) is 30.0. The molecule has 0 saturated carbocycles. The molecule has 3 fully saturated rings. The SMILES string of the molecule is C/C(N=O)=C(\C)NO.C/C(N=O)=C(\C)NO.CC1=CC[N-]C=C1.CC1CC[N-]CC1.CC1CC[N-]CC1.CC1CC[N-]CC1.[Cl][Rh][Cl].[Pt+2]. The maximum absolute atomic E-state index is 9.65. The molecular weight excluding hydrogens is 929 g/mol. The van der Waals surface area contributed by atoms with Crippen molar-refractivity contribution in [3.05, 3.63) is 77.8 Å². The van der Waals surface area contributed by atoms with Gasteiger partial charge in [0.2, 0.25) is 0 Å². The summed E-state index contributed by atoms with van der Waals surface area (Å²) in [6.45, 7) is 22.6. The number of allylic oxidation sites excluding steroid dienone is 6. The molecule has 287 valence electrons. The van der Waals surface area contributed by atoms with Gasteiger partial charge in [-0.15, -0.1) is 55.6 Å². The van der Waals surface area contributed by atoms with E-state index in [0.717, 1.165) is 63.6 Å². The van der Waals surface area contributed by atoms with Crippen LogP contribution >= 0.6 is 19.4 Å². The van der Waals surface area contributed by atoms with Crippen LogP contribution in [0.3, 0.4) is 0 Å². The van der Waals surface area contributed by atoms with Gasteiger partial charge in [0.05, 0.1) is 11.4 Å². The fraction of sp³-hybridized carbons (Fsp3) is 0.750. The Morgan fingerprint density at radius 3 is 1.12 bits per heavy atom.